The van der Waals surface area contributed by atoms with E-state index in [0.717, 1.165) is 40.2 Å². The number of benzene rings is 4. The lowest BCUT2D eigenvalue weighted by atomic mass is 10.2. The van der Waals surface area contributed by atoms with Crippen molar-refractivity contribution in [3.8, 4) is 11.3 Å². The number of aryl methyl sites for hydroxylation is 2. The van der Waals surface area contributed by atoms with E-state index in [1.165, 1.54) is 23.9 Å². The van der Waals surface area contributed by atoms with E-state index in [1.807, 2.05) is 62.4 Å². The Balaban J connectivity index is 0.000000210. The predicted molar refractivity (Wildman–Crippen MR) is 239 cm³/mol. The fourth-order valence-corrected chi connectivity index (χ4v) is 5.86. The molecule has 2 amide bonds. The molecular weight excluding hydrogens is 836 g/mol. The summed E-state index contributed by atoms with van der Waals surface area (Å²) in [6.45, 7) is 6.49. The third-order valence-electron chi connectivity index (χ3n) is 8.89. The number of carbonyl (C=O) groups excluding carboxylic acids is 2. The number of amides is 2. The Labute approximate surface area is 365 Å². The number of carbonyl (C=O) groups is 2. The molecule has 0 radical (unpaired) electrons. The zero-order valence-electron chi connectivity index (χ0n) is 34.2. The molecule has 18 heteroatoms. The normalized spacial score (nSPS) is 10.8. The molecule has 14 nitrogen and oxygen atoms in total. The molecule has 0 saturated heterocycles. The summed E-state index contributed by atoms with van der Waals surface area (Å²) in [6, 6.07) is 28.9. The van der Waals surface area contributed by atoms with Gasteiger partial charge in [-0.2, -0.15) is 13.2 Å². The van der Waals surface area contributed by atoms with Crippen molar-refractivity contribution in [2.45, 2.75) is 39.9 Å². The van der Waals surface area contributed by atoms with Gasteiger partial charge in [0.1, 0.15) is 12.2 Å². The van der Waals surface area contributed by atoms with Crippen LogP contribution in [0.15, 0.2) is 137 Å². The van der Waals surface area contributed by atoms with Gasteiger partial charge in [0.2, 0.25) is 0 Å². The quantitative estimate of drug-likeness (QED) is 0.0476. The van der Waals surface area contributed by atoms with Crippen molar-refractivity contribution >= 4 is 69.8 Å². The summed E-state index contributed by atoms with van der Waals surface area (Å²) in [6.07, 6.45) is 2.05. The van der Waals surface area contributed by atoms with E-state index < -0.39 is 23.7 Å². The first kappa shape index (κ1) is 44.8. The van der Waals surface area contributed by atoms with Crippen LogP contribution in [0.25, 0.3) is 11.3 Å². The summed E-state index contributed by atoms with van der Waals surface area (Å²) in [7, 11) is 0. The molecule has 0 aliphatic carbocycles. The highest BCUT2D eigenvalue weighted by atomic mass is 32.1. The summed E-state index contributed by atoms with van der Waals surface area (Å²) in [5.74, 6) is 0.582. The fraction of sp³-hybridized carbons (Fsp3) is 0.156. The van der Waals surface area contributed by atoms with Gasteiger partial charge in [0.15, 0.2) is 10.9 Å². The standard InChI is InChI=1S/C23H21N5OS.C22H21F3N4O4/c1-16-7-8-19(27-23(30)26-14-17-5-3-2-4-6-17)13-20(16)28-22-25-15-21(29-22)18-9-11-24-12-10-18;1-3-32-19(30)11-17-12-26-21(33-17)29-18-10-16(7-4-13(18)2)28-20(31)27-15-8-5-14(6-9-15)22(23,24)25/h2-13,15H,14H2,1H3,(H,25,28)(H2,26,27,30);4-10,12H,3,11H2,1-2H3,(H,26,29)(H2,27,28,31). The van der Waals surface area contributed by atoms with Gasteiger partial charge in [-0.15, -0.1) is 0 Å². The van der Waals surface area contributed by atoms with Crippen LogP contribution in [0, 0.1) is 13.8 Å². The molecule has 63 heavy (non-hydrogen) atoms. The number of pyridine rings is 1. The predicted octanol–water partition coefficient (Wildman–Crippen LogP) is 10.8. The molecule has 3 heterocycles. The van der Waals surface area contributed by atoms with Crippen molar-refractivity contribution in [2.75, 3.05) is 33.2 Å². The minimum atomic E-state index is -4.45. The van der Waals surface area contributed by atoms with Crippen molar-refractivity contribution in [1.29, 1.82) is 0 Å². The van der Waals surface area contributed by atoms with Crippen molar-refractivity contribution < 1.29 is 36.3 Å². The molecule has 4 aromatic carbocycles. The summed E-state index contributed by atoms with van der Waals surface area (Å²) in [5, 5.41) is 18.3. The topological polar surface area (TPSA) is 180 Å². The Hall–Kier alpha value is -7.73. The third kappa shape index (κ3) is 13.6. The van der Waals surface area contributed by atoms with Crippen LogP contribution in [0.4, 0.5) is 58.4 Å². The number of anilines is 7. The highest BCUT2D eigenvalue weighted by Crippen LogP contribution is 2.31. The smallest absolute Gasteiger partial charge is 0.416 e. The van der Waals surface area contributed by atoms with Crippen LogP contribution in [-0.2, 0) is 28.7 Å². The first-order valence-corrected chi connectivity index (χ1v) is 19.8. The van der Waals surface area contributed by atoms with Gasteiger partial charge in [0, 0.05) is 52.9 Å². The second-order valence-electron chi connectivity index (χ2n) is 13.6. The van der Waals surface area contributed by atoms with Crippen LogP contribution in [0.2, 0.25) is 0 Å². The van der Waals surface area contributed by atoms with Gasteiger partial charge in [0.05, 0.1) is 24.6 Å². The molecule has 0 atom stereocenters. The lowest BCUT2D eigenvalue weighted by Gasteiger charge is -2.13. The molecule has 0 aliphatic rings. The Morgan fingerprint density at radius 2 is 1.32 bits per heavy atom. The number of thiocarbonyl (C=S) groups is 1. The van der Waals surface area contributed by atoms with Crippen LogP contribution in [0.5, 0.6) is 0 Å². The number of halogens is 3. The lowest BCUT2D eigenvalue weighted by molar-refractivity contribution is -0.142. The number of alkyl halides is 3. The number of esters is 1. The molecule has 0 fully saturated rings. The summed E-state index contributed by atoms with van der Waals surface area (Å²) in [4.78, 5) is 36.2. The first-order chi connectivity index (χ1) is 30.3. The molecule has 3 aromatic heterocycles. The molecule has 0 unspecified atom stereocenters. The zero-order valence-corrected chi connectivity index (χ0v) is 35.0. The molecule has 0 aliphatic heterocycles. The van der Waals surface area contributed by atoms with Crippen molar-refractivity contribution in [2.24, 2.45) is 0 Å². The molecule has 7 rings (SSSR count). The molecule has 0 spiro atoms. The number of ether oxygens (including phenoxy) is 1. The lowest BCUT2D eigenvalue weighted by Crippen LogP contribution is -2.27. The van der Waals surface area contributed by atoms with Gasteiger partial charge in [0.25, 0.3) is 12.0 Å². The maximum atomic E-state index is 12.6. The number of hydrogen-bond donors (Lipinski definition) is 6. The van der Waals surface area contributed by atoms with E-state index in [0.29, 0.717) is 40.6 Å². The number of rotatable bonds is 13. The maximum absolute atomic E-state index is 12.6. The van der Waals surface area contributed by atoms with Gasteiger partial charge in [-0.05, 0) is 110 Å². The Morgan fingerprint density at radius 1 is 0.730 bits per heavy atom. The third-order valence-corrected chi connectivity index (χ3v) is 9.13. The summed E-state index contributed by atoms with van der Waals surface area (Å²) < 4.78 is 54.1. The number of nitrogens with one attached hydrogen (secondary N) is 6. The van der Waals surface area contributed by atoms with Gasteiger partial charge in [-0.1, -0.05) is 42.5 Å². The fourth-order valence-electron chi connectivity index (χ4n) is 5.67. The second kappa shape index (κ2) is 21.2. The van der Waals surface area contributed by atoms with Gasteiger partial charge in [-0.25, -0.2) is 14.8 Å². The number of oxazole rings is 2. The van der Waals surface area contributed by atoms with Gasteiger partial charge >= 0.3 is 18.2 Å². The minimum absolute atomic E-state index is 0.0484. The molecule has 0 bridgehead atoms. The van der Waals surface area contributed by atoms with Crippen LogP contribution in [0.1, 0.15) is 34.9 Å². The van der Waals surface area contributed by atoms with E-state index >= 15 is 0 Å². The number of aromatic nitrogens is 3. The summed E-state index contributed by atoms with van der Waals surface area (Å²) in [5.41, 5.74) is 6.15. The first-order valence-electron chi connectivity index (χ1n) is 19.4. The Kier molecular flexibility index (Phi) is 15.1. The SMILES string of the molecule is CCOC(=O)Cc1cnc(Nc2cc(NC(=O)Nc3ccc(C(F)(F)F)cc3)ccc2C)o1.Cc1ccc(NC(=S)NCc2ccccc2)cc1Nc1ncc(-c2ccncc2)o1. The molecule has 0 saturated carbocycles. The maximum Gasteiger partial charge on any atom is 0.416 e. The highest BCUT2D eigenvalue weighted by Gasteiger charge is 2.30. The van der Waals surface area contributed by atoms with Crippen molar-refractivity contribution in [3.05, 3.63) is 156 Å². The number of urea groups is 1. The number of nitrogens with zero attached hydrogens (tertiary/aromatic N) is 3. The number of hydrogen-bond acceptors (Lipinski definition) is 11. The minimum Gasteiger partial charge on any atom is -0.466 e. The molecule has 324 valence electrons. The molecule has 7 aromatic rings. The zero-order chi connectivity index (χ0) is 44.8. The molecule has 6 N–H and O–H groups in total. The Bertz CT molecular complexity index is 2620. The Morgan fingerprint density at radius 3 is 1.95 bits per heavy atom. The largest absolute Gasteiger partial charge is 0.466 e. The van der Waals surface area contributed by atoms with Gasteiger partial charge < -0.3 is 45.5 Å². The second-order valence-corrected chi connectivity index (χ2v) is 14.0. The molecular formula is C45H42F3N9O5S. The van der Waals surface area contributed by atoms with E-state index in [1.54, 1.807) is 43.7 Å². The average Bonchev–Trinajstić information content (AvgIpc) is 3.93. The van der Waals surface area contributed by atoms with Crippen LogP contribution in [-0.4, -0.2) is 38.7 Å². The highest BCUT2D eigenvalue weighted by molar-refractivity contribution is 7.80. The monoisotopic (exact) mass is 877 g/mol. The van der Waals surface area contributed by atoms with Crippen LogP contribution >= 0.6 is 12.2 Å². The van der Waals surface area contributed by atoms with E-state index in [4.69, 9.17) is 25.8 Å². The van der Waals surface area contributed by atoms with E-state index in [2.05, 4.69) is 59.0 Å². The summed E-state index contributed by atoms with van der Waals surface area (Å²) >= 11 is 5.42. The van der Waals surface area contributed by atoms with Crippen molar-refractivity contribution in [1.82, 2.24) is 20.3 Å². The van der Waals surface area contributed by atoms with E-state index in [-0.39, 0.29) is 24.7 Å². The van der Waals surface area contributed by atoms with Crippen molar-refractivity contribution in [3.63, 3.8) is 0 Å². The van der Waals surface area contributed by atoms with E-state index in [9.17, 15) is 22.8 Å². The van der Waals surface area contributed by atoms with Gasteiger partial charge in [-0.3, -0.25) is 9.78 Å². The van der Waals surface area contributed by atoms with Crippen LogP contribution in [0.3, 0.4) is 0 Å². The van der Waals surface area contributed by atoms with Crippen LogP contribution < -0.4 is 31.9 Å². The average molecular weight is 878 g/mol.